The second-order valence-electron chi connectivity index (χ2n) is 6.08. The molecule has 0 atom stereocenters. The number of rotatable bonds is 8. The van der Waals surface area contributed by atoms with E-state index in [0.717, 1.165) is 31.4 Å². The third-order valence-electron chi connectivity index (χ3n) is 3.46. The first-order valence-corrected chi connectivity index (χ1v) is 7.07. The molecule has 2 nitrogen and oxygen atoms in total. The van der Waals surface area contributed by atoms with E-state index in [-0.39, 0.29) is 0 Å². The number of para-hydroxylation sites is 1. The van der Waals surface area contributed by atoms with Crippen LogP contribution in [0.3, 0.4) is 0 Å². The smallest absolute Gasteiger partial charge is 0.119 e. The van der Waals surface area contributed by atoms with E-state index >= 15 is 0 Å². The molecule has 1 aliphatic carbocycles. The minimum absolute atomic E-state index is 0.378. The van der Waals surface area contributed by atoms with Crippen molar-refractivity contribution in [1.82, 2.24) is 5.32 Å². The summed E-state index contributed by atoms with van der Waals surface area (Å²) in [6.45, 7) is 6.62. The molecule has 0 heterocycles. The summed E-state index contributed by atoms with van der Waals surface area (Å²) in [5, 5.41) is 3.61. The highest BCUT2D eigenvalue weighted by Crippen LogP contribution is 2.25. The van der Waals surface area contributed by atoms with Crippen molar-refractivity contribution < 1.29 is 4.74 Å². The fourth-order valence-corrected chi connectivity index (χ4v) is 2.05. The van der Waals surface area contributed by atoms with Gasteiger partial charge in [-0.2, -0.15) is 0 Å². The lowest BCUT2D eigenvalue weighted by Gasteiger charge is -2.25. The first-order valence-electron chi connectivity index (χ1n) is 7.07. The van der Waals surface area contributed by atoms with Crippen LogP contribution in [0.1, 0.15) is 39.5 Å². The van der Waals surface area contributed by atoms with Crippen molar-refractivity contribution in [2.24, 2.45) is 5.41 Å². The van der Waals surface area contributed by atoms with Crippen LogP contribution in [0.5, 0.6) is 5.75 Å². The first-order chi connectivity index (χ1) is 8.66. The Morgan fingerprint density at radius 2 is 1.94 bits per heavy atom. The van der Waals surface area contributed by atoms with E-state index in [0.29, 0.717) is 5.41 Å². The van der Waals surface area contributed by atoms with Gasteiger partial charge in [0.2, 0.25) is 0 Å². The summed E-state index contributed by atoms with van der Waals surface area (Å²) in [5.74, 6) is 0.978. The molecule has 1 aromatic rings. The molecule has 1 saturated carbocycles. The average Bonchev–Trinajstić information content (AvgIpc) is 3.18. The minimum atomic E-state index is 0.378. The number of hydrogen-bond donors (Lipinski definition) is 1. The van der Waals surface area contributed by atoms with E-state index in [1.54, 1.807) is 0 Å². The maximum absolute atomic E-state index is 5.72. The van der Waals surface area contributed by atoms with Gasteiger partial charge in [0, 0.05) is 12.6 Å². The van der Waals surface area contributed by atoms with Gasteiger partial charge in [0.15, 0.2) is 0 Å². The van der Waals surface area contributed by atoms with Gasteiger partial charge < -0.3 is 10.1 Å². The Morgan fingerprint density at radius 3 is 2.61 bits per heavy atom. The zero-order valence-corrected chi connectivity index (χ0v) is 11.6. The maximum atomic E-state index is 5.72. The van der Waals surface area contributed by atoms with Gasteiger partial charge in [-0.15, -0.1) is 0 Å². The quantitative estimate of drug-likeness (QED) is 0.708. The molecule has 0 saturated heterocycles. The third kappa shape index (κ3) is 5.09. The molecule has 0 spiro atoms. The fourth-order valence-electron chi connectivity index (χ4n) is 2.05. The lowest BCUT2D eigenvalue weighted by atomic mass is 9.88. The maximum Gasteiger partial charge on any atom is 0.119 e. The van der Waals surface area contributed by atoms with Crippen molar-refractivity contribution in [2.45, 2.75) is 45.6 Å². The predicted octanol–water partition coefficient (Wildman–Crippen LogP) is 3.62. The van der Waals surface area contributed by atoms with Crippen LogP contribution in [-0.2, 0) is 0 Å². The highest BCUT2D eigenvalue weighted by Gasteiger charge is 2.24. The van der Waals surface area contributed by atoms with Crippen molar-refractivity contribution in [3.63, 3.8) is 0 Å². The van der Waals surface area contributed by atoms with Gasteiger partial charge in [0.05, 0.1) is 6.61 Å². The Hall–Kier alpha value is -1.02. The van der Waals surface area contributed by atoms with Crippen molar-refractivity contribution in [3.8, 4) is 5.75 Å². The van der Waals surface area contributed by atoms with Crippen LogP contribution in [0.25, 0.3) is 0 Å². The van der Waals surface area contributed by atoms with Crippen LogP contribution in [0.4, 0.5) is 0 Å². The van der Waals surface area contributed by atoms with Gasteiger partial charge in [0.1, 0.15) is 5.75 Å². The van der Waals surface area contributed by atoms with Gasteiger partial charge in [0.25, 0.3) is 0 Å². The molecular weight excluding hydrogens is 222 g/mol. The molecular formula is C16H25NO. The summed E-state index contributed by atoms with van der Waals surface area (Å²) in [6, 6.07) is 10.9. The average molecular weight is 247 g/mol. The van der Waals surface area contributed by atoms with E-state index in [1.807, 2.05) is 30.3 Å². The molecule has 0 radical (unpaired) electrons. The number of benzene rings is 1. The molecule has 2 rings (SSSR count). The van der Waals surface area contributed by atoms with E-state index < -0.39 is 0 Å². The Balaban J connectivity index is 1.58. The molecule has 0 aliphatic heterocycles. The summed E-state index contributed by atoms with van der Waals surface area (Å²) in [5.41, 5.74) is 0.378. The normalized spacial score (nSPS) is 15.7. The Kier molecular flexibility index (Phi) is 4.65. The van der Waals surface area contributed by atoms with Crippen LogP contribution in [0, 0.1) is 5.41 Å². The summed E-state index contributed by atoms with van der Waals surface area (Å²) in [4.78, 5) is 0. The van der Waals surface area contributed by atoms with E-state index in [4.69, 9.17) is 4.74 Å². The monoisotopic (exact) mass is 247 g/mol. The summed E-state index contributed by atoms with van der Waals surface area (Å²) in [7, 11) is 0. The Morgan fingerprint density at radius 1 is 1.22 bits per heavy atom. The minimum Gasteiger partial charge on any atom is -0.494 e. The molecule has 0 aromatic heterocycles. The van der Waals surface area contributed by atoms with Gasteiger partial charge in [-0.1, -0.05) is 32.0 Å². The fraction of sp³-hybridized carbons (Fsp3) is 0.625. The highest BCUT2D eigenvalue weighted by molar-refractivity contribution is 5.20. The van der Waals surface area contributed by atoms with Crippen molar-refractivity contribution in [3.05, 3.63) is 30.3 Å². The highest BCUT2D eigenvalue weighted by atomic mass is 16.5. The SMILES string of the molecule is CC(C)(CCCOc1ccccc1)CNC1CC1. The first kappa shape index (κ1) is 13.4. The lowest BCUT2D eigenvalue weighted by Crippen LogP contribution is -2.31. The number of hydrogen-bond acceptors (Lipinski definition) is 2. The molecule has 0 bridgehead atoms. The Bertz CT molecular complexity index is 343. The second kappa shape index (κ2) is 6.24. The van der Waals surface area contributed by atoms with E-state index in [1.165, 1.54) is 19.3 Å². The van der Waals surface area contributed by atoms with Crippen LogP contribution in [0.15, 0.2) is 30.3 Å². The third-order valence-corrected chi connectivity index (χ3v) is 3.46. The summed E-state index contributed by atoms with van der Waals surface area (Å²) >= 11 is 0. The van der Waals surface area contributed by atoms with Crippen LogP contribution in [-0.4, -0.2) is 19.2 Å². The van der Waals surface area contributed by atoms with E-state index in [2.05, 4.69) is 19.2 Å². The van der Waals surface area contributed by atoms with Crippen molar-refractivity contribution >= 4 is 0 Å². The van der Waals surface area contributed by atoms with Gasteiger partial charge in [-0.05, 0) is 43.2 Å². The molecule has 0 unspecified atom stereocenters. The molecule has 2 heteroatoms. The number of nitrogens with one attached hydrogen (secondary N) is 1. The topological polar surface area (TPSA) is 21.3 Å². The van der Waals surface area contributed by atoms with Crippen LogP contribution < -0.4 is 10.1 Å². The van der Waals surface area contributed by atoms with Gasteiger partial charge >= 0.3 is 0 Å². The zero-order chi connectivity index (χ0) is 12.8. The van der Waals surface area contributed by atoms with Gasteiger partial charge in [-0.3, -0.25) is 0 Å². The second-order valence-corrected chi connectivity index (χ2v) is 6.08. The summed E-state index contributed by atoms with van der Waals surface area (Å²) in [6.07, 6.45) is 5.06. The van der Waals surface area contributed by atoms with E-state index in [9.17, 15) is 0 Å². The van der Waals surface area contributed by atoms with Crippen LogP contribution >= 0.6 is 0 Å². The van der Waals surface area contributed by atoms with Crippen molar-refractivity contribution in [1.29, 1.82) is 0 Å². The molecule has 1 aliphatic rings. The Labute approximate surface area is 111 Å². The zero-order valence-electron chi connectivity index (χ0n) is 11.6. The standard InChI is InChI=1S/C16H25NO/c1-16(2,13-17-14-9-10-14)11-6-12-18-15-7-4-3-5-8-15/h3-5,7-8,14,17H,6,9-13H2,1-2H3. The van der Waals surface area contributed by atoms with Crippen molar-refractivity contribution in [2.75, 3.05) is 13.2 Å². The molecule has 0 amide bonds. The van der Waals surface area contributed by atoms with Gasteiger partial charge in [-0.25, -0.2) is 0 Å². The van der Waals surface area contributed by atoms with Crippen LogP contribution in [0.2, 0.25) is 0 Å². The number of ether oxygens (including phenoxy) is 1. The summed E-state index contributed by atoms with van der Waals surface area (Å²) < 4.78 is 5.72. The molecule has 1 aromatic carbocycles. The molecule has 1 N–H and O–H groups in total. The largest absolute Gasteiger partial charge is 0.494 e. The molecule has 18 heavy (non-hydrogen) atoms. The lowest BCUT2D eigenvalue weighted by molar-refractivity contribution is 0.250. The molecule has 1 fully saturated rings. The predicted molar refractivity (Wildman–Crippen MR) is 76.0 cm³/mol. The molecule has 100 valence electrons.